The zero-order valence-electron chi connectivity index (χ0n) is 32.1. The van der Waals surface area contributed by atoms with Crippen molar-refractivity contribution >= 4 is 30.2 Å². The molecule has 5 rings (SSSR count). The van der Waals surface area contributed by atoms with Crippen LogP contribution in [0.15, 0.2) is 94.9 Å². The lowest BCUT2D eigenvalue weighted by molar-refractivity contribution is 0.389. The van der Waals surface area contributed by atoms with Crippen LogP contribution in [0.2, 0.25) is 0 Å². The normalized spacial score (nSPS) is 17.7. The molecule has 4 aromatic carbocycles. The average Bonchev–Trinajstić information content (AvgIpc) is 3.07. The third-order valence-corrected chi connectivity index (χ3v) is 13.2. The van der Waals surface area contributed by atoms with E-state index in [1.54, 1.807) is 6.21 Å². The summed E-state index contributed by atoms with van der Waals surface area (Å²) in [6.07, 6.45) is 7.90. The summed E-state index contributed by atoms with van der Waals surface area (Å²) in [7, 11) is -3.04. The minimum atomic E-state index is -3.04. The van der Waals surface area contributed by atoms with Crippen LogP contribution in [-0.2, 0) is 27.0 Å². The summed E-state index contributed by atoms with van der Waals surface area (Å²) >= 11 is 0. The summed E-state index contributed by atoms with van der Waals surface area (Å²) in [6, 6.07) is 27.5. The van der Waals surface area contributed by atoms with Gasteiger partial charge in [0.15, 0.2) is 0 Å². The van der Waals surface area contributed by atoms with E-state index in [0.717, 1.165) is 58.5 Å². The Balaban J connectivity index is 1.51. The first kappa shape index (κ1) is 38.3. The molecule has 0 saturated heterocycles. The minimum Gasteiger partial charge on any atom is -0.507 e. The smallest absolute Gasteiger partial charge is 0.147 e. The van der Waals surface area contributed by atoms with E-state index < -0.39 is 7.14 Å². The van der Waals surface area contributed by atoms with E-state index >= 15 is 4.57 Å². The number of aliphatic imine (C=N–C) groups is 2. The van der Waals surface area contributed by atoms with E-state index in [0.29, 0.717) is 11.7 Å². The number of benzene rings is 4. The number of phenols is 2. The van der Waals surface area contributed by atoms with Gasteiger partial charge in [-0.3, -0.25) is 9.98 Å². The molecule has 0 spiro atoms. The van der Waals surface area contributed by atoms with Crippen molar-refractivity contribution in [2.45, 2.75) is 122 Å². The second kappa shape index (κ2) is 15.0. The van der Waals surface area contributed by atoms with Crippen molar-refractivity contribution in [3.8, 4) is 11.5 Å². The molecule has 0 heterocycles. The first-order valence-electron chi connectivity index (χ1n) is 18.4. The Kier molecular flexibility index (Phi) is 11.2. The molecule has 4 aromatic rings. The molecule has 1 aliphatic carbocycles. The van der Waals surface area contributed by atoms with Crippen LogP contribution in [0, 0.1) is 0 Å². The molecule has 0 aliphatic heterocycles. The largest absolute Gasteiger partial charge is 0.507 e. The van der Waals surface area contributed by atoms with Gasteiger partial charge in [-0.05, 0) is 52.3 Å². The molecule has 0 bridgehead atoms. The van der Waals surface area contributed by atoms with Gasteiger partial charge >= 0.3 is 0 Å². The SMILES string of the molecule is CC(C)(C)c1cc(C=NC2CCCCC2N=Cc2cc(CP(=O)(c3ccccc3)c3ccccc3)cc(C(C)(C)C)c2O)c(O)c(C(C)(C)C)c1. The number of phenolic OH excluding ortho intramolecular Hbond substituents is 2. The van der Waals surface area contributed by atoms with Crippen LogP contribution in [0.1, 0.15) is 121 Å². The van der Waals surface area contributed by atoms with Crippen molar-refractivity contribution in [1.29, 1.82) is 0 Å². The molecule has 1 fully saturated rings. The van der Waals surface area contributed by atoms with Crippen LogP contribution in [0.5, 0.6) is 11.5 Å². The topological polar surface area (TPSA) is 82.2 Å². The lowest BCUT2D eigenvalue weighted by Crippen LogP contribution is -2.27. The Hall–Kier alpha value is -3.95. The summed E-state index contributed by atoms with van der Waals surface area (Å²) in [5.74, 6) is 0.494. The molecule has 2 N–H and O–H groups in total. The van der Waals surface area contributed by atoms with Gasteiger partial charge in [-0.2, -0.15) is 0 Å². The Bertz CT molecular complexity index is 1880. The van der Waals surface area contributed by atoms with Crippen molar-refractivity contribution < 1.29 is 14.8 Å². The molecule has 270 valence electrons. The molecule has 6 heteroatoms. The maximum atomic E-state index is 15.0. The summed E-state index contributed by atoms with van der Waals surface area (Å²) < 4.78 is 15.0. The molecular weight excluding hydrogens is 647 g/mol. The van der Waals surface area contributed by atoms with Gasteiger partial charge in [0, 0.05) is 51.5 Å². The number of nitrogens with zero attached hydrogens (tertiary/aromatic N) is 2. The maximum Gasteiger partial charge on any atom is 0.147 e. The van der Waals surface area contributed by atoms with Crippen LogP contribution >= 0.6 is 7.14 Å². The molecule has 1 saturated carbocycles. The molecule has 0 aromatic heterocycles. The molecule has 51 heavy (non-hydrogen) atoms. The van der Waals surface area contributed by atoms with Crippen LogP contribution in [0.3, 0.4) is 0 Å². The monoisotopic (exact) mass is 704 g/mol. The van der Waals surface area contributed by atoms with Gasteiger partial charge in [0.05, 0.1) is 12.1 Å². The van der Waals surface area contributed by atoms with E-state index in [2.05, 4.69) is 74.4 Å². The fraction of sp³-hybridized carbons (Fsp3) is 0.422. The Morgan fingerprint density at radius 1 is 0.627 bits per heavy atom. The van der Waals surface area contributed by atoms with Gasteiger partial charge in [-0.1, -0.05) is 148 Å². The second-order valence-electron chi connectivity index (χ2n) is 17.3. The average molecular weight is 705 g/mol. The van der Waals surface area contributed by atoms with E-state index in [9.17, 15) is 10.2 Å². The third-order valence-electron chi connectivity index (χ3n) is 10.1. The highest BCUT2D eigenvalue weighted by atomic mass is 31.2. The van der Waals surface area contributed by atoms with Crippen LogP contribution in [0.4, 0.5) is 0 Å². The Labute approximate surface area is 306 Å². The van der Waals surface area contributed by atoms with E-state index in [4.69, 9.17) is 9.98 Å². The Morgan fingerprint density at radius 2 is 1.06 bits per heavy atom. The van der Waals surface area contributed by atoms with Crippen molar-refractivity contribution in [2.75, 3.05) is 0 Å². The zero-order valence-corrected chi connectivity index (χ0v) is 33.0. The van der Waals surface area contributed by atoms with Gasteiger partial charge in [0.1, 0.15) is 18.6 Å². The van der Waals surface area contributed by atoms with E-state index in [-0.39, 0.29) is 39.8 Å². The van der Waals surface area contributed by atoms with E-state index in [1.165, 1.54) is 5.56 Å². The highest BCUT2D eigenvalue weighted by molar-refractivity contribution is 7.78. The fourth-order valence-corrected chi connectivity index (χ4v) is 9.63. The van der Waals surface area contributed by atoms with Crippen molar-refractivity contribution in [2.24, 2.45) is 9.98 Å². The van der Waals surface area contributed by atoms with Crippen molar-refractivity contribution in [3.05, 3.63) is 118 Å². The lowest BCUT2D eigenvalue weighted by Gasteiger charge is -2.28. The van der Waals surface area contributed by atoms with Gasteiger partial charge in [0.2, 0.25) is 0 Å². The molecular formula is C45H57N2O3P. The van der Waals surface area contributed by atoms with Crippen molar-refractivity contribution in [3.63, 3.8) is 0 Å². The quantitative estimate of drug-likeness (QED) is 0.142. The van der Waals surface area contributed by atoms with Gasteiger partial charge in [-0.25, -0.2) is 0 Å². The van der Waals surface area contributed by atoms with E-state index in [1.807, 2.05) is 79.0 Å². The highest BCUT2D eigenvalue weighted by Gasteiger charge is 2.30. The molecule has 1 aliphatic rings. The predicted molar refractivity (Wildman–Crippen MR) is 217 cm³/mol. The predicted octanol–water partition coefficient (Wildman–Crippen LogP) is 10.4. The minimum absolute atomic E-state index is 0.0467. The highest BCUT2D eigenvalue weighted by Crippen LogP contribution is 2.48. The lowest BCUT2D eigenvalue weighted by atomic mass is 9.79. The van der Waals surface area contributed by atoms with Gasteiger partial charge < -0.3 is 14.8 Å². The molecule has 2 unspecified atom stereocenters. The molecule has 0 radical (unpaired) electrons. The third kappa shape index (κ3) is 8.93. The van der Waals surface area contributed by atoms with Gasteiger partial charge in [0.25, 0.3) is 0 Å². The first-order chi connectivity index (χ1) is 23.9. The van der Waals surface area contributed by atoms with Crippen molar-refractivity contribution in [1.82, 2.24) is 0 Å². The summed E-state index contributed by atoms with van der Waals surface area (Å²) in [4.78, 5) is 10.2. The Morgan fingerprint density at radius 3 is 1.49 bits per heavy atom. The molecule has 2 atom stereocenters. The summed E-state index contributed by atoms with van der Waals surface area (Å²) in [5.41, 5.74) is 4.51. The number of hydrogen-bond donors (Lipinski definition) is 2. The number of rotatable bonds is 8. The summed E-state index contributed by atoms with van der Waals surface area (Å²) in [5, 5.41) is 24.6. The molecule has 0 amide bonds. The second-order valence-corrected chi connectivity index (χ2v) is 20.2. The standard InChI is InChI=1S/C45H57N2O3P/c1-43(2,3)34-26-33(42(49)38(27-34)45(7,8)9)29-47-40-23-17-16-22-39(40)46-28-32-24-31(25-37(41(32)48)44(4,5)6)30-51(50,35-18-12-10-13-19-35)36-20-14-11-15-21-36/h10-15,18-21,24-29,39-40,48-49H,16-17,22-23,30H2,1-9H3. The maximum absolute atomic E-state index is 15.0. The van der Waals surface area contributed by atoms with Crippen LogP contribution < -0.4 is 10.6 Å². The van der Waals surface area contributed by atoms with Gasteiger partial charge in [-0.15, -0.1) is 0 Å². The summed E-state index contributed by atoms with van der Waals surface area (Å²) in [6.45, 7) is 19.2. The molecule has 5 nitrogen and oxygen atoms in total. The zero-order chi connectivity index (χ0) is 37.2. The fourth-order valence-electron chi connectivity index (χ4n) is 6.96. The van der Waals surface area contributed by atoms with Crippen LogP contribution in [-0.4, -0.2) is 34.7 Å². The number of aromatic hydroxyl groups is 2. The number of hydrogen-bond acceptors (Lipinski definition) is 5. The first-order valence-corrected chi connectivity index (χ1v) is 20.3. The van der Waals surface area contributed by atoms with Crippen LogP contribution in [0.25, 0.3) is 0 Å².